The number of carboxylic acids is 1. The number of rotatable bonds is 5. The van der Waals surface area contributed by atoms with Crippen LogP contribution in [-0.4, -0.2) is 23.7 Å². The first-order valence-electron chi connectivity index (χ1n) is 6.63. The van der Waals surface area contributed by atoms with Crippen LogP contribution in [0, 0.1) is 5.41 Å². The summed E-state index contributed by atoms with van der Waals surface area (Å²) in [5.74, 6) is -0.814. The lowest BCUT2D eigenvalue weighted by Crippen LogP contribution is -2.44. The van der Waals surface area contributed by atoms with Crippen molar-refractivity contribution in [1.82, 2.24) is 5.32 Å². The van der Waals surface area contributed by atoms with Gasteiger partial charge in [-0.1, -0.05) is 12.5 Å². The van der Waals surface area contributed by atoms with Gasteiger partial charge in [0.1, 0.15) is 0 Å². The third-order valence-corrected chi connectivity index (χ3v) is 5.09. The fourth-order valence-electron chi connectivity index (χ4n) is 2.46. The van der Waals surface area contributed by atoms with Gasteiger partial charge in [-0.05, 0) is 62.2 Å². The van der Waals surface area contributed by atoms with Gasteiger partial charge in [0.2, 0.25) is 0 Å². The number of carbonyl (C=O) groups is 2. The Morgan fingerprint density at radius 1 is 1.24 bits per heavy atom. The van der Waals surface area contributed by atoms with Crippen LogP contribution in [0.4, 0.5) is 10.5 Å². The standard InChI is InChI=1S/C14H16Br2N2O3/c15-9-3-1-4-10(16)12(9)18-13(21)17-8-14(5-2-6-14)7-11(19)20/h1,3-4H,2,5-8H2,(H,19,20)(H2,17,18,21). The molecule has 3 N–H and O–H groups in total. The lowest BCUT2D eigenvalue weighted by atomic mass is 9.66. The zero-order valence-corrected chi connectivity index (χ0v) is 14.5. The molecule has 21 heavy (non-hydrogen) atoms. The van der Waals surface area contributed by atoms with Crippen molar-refractivity contribution in [3.63, 3.8) is 0 Å². The number of halogens is 2. The summed E-state index contributed by atoms with van der Waals surface area (Å²) in [4.78, 5) is 22.9. The lowest BCUT2D eigenvalue weighted by molar-refractivity contribution is -0.141. The number of amides is 2. The molecule has 1 aromatic rings. The van der Waals surface area contributed by atoms with Crippen LogP contribution in [0.1, 0.15) is 25.7 Å². The largest absolute Gasteiger partial charge is 0.481 e. The van der Waals surface area contributed by atoms with E-state index in [0.717, 1.165) is 28.2 Å². The summed E-state index contributed by atoms with van der Waals surface area (Å²) in [7, 11) is 0. The van der Waals surface area contributed by atoms with E-state index < -0.39 is 5.97 Å². The fourth-order valence-corrected chi connectivity index (χ4v) is 3.65. The second kappa shape index (κ2) is 6.79. The molecule has 0 atom stereocenters. The number of hydrogen-bond acceptors (Lipinski definition) is 2. The quantitative estimate of drug-likeness (QED) is 0.675. The van der Waals surface area contributed by atoms with Crippen molar-refractivity contribution < 1.29 is 14.7 Å². The van der Waals surface area contributed by atoms with Crippen molar-refractivity contribution in [2.75, 3.05) is 11.9 Å². The normalized spacial score (nSPS) is 15.9. The Bertz CT molecular complexity index is 539. The number of benzene rings is 1. The molecule has 0 heterocycles. The third kappa shape index (κ3) is 4.20. The molecular weight excluding hydrogens is 404 g/mol. The van der Waals surface area contributed by atoms with Crippen molar-refractivity contribution >= 4 is 49.5 Å². The molecule has 5 nitrogen and oxygen atoms in total. The Morgan fingerprint density at radius 2 is 1.86 bits per heavy atom. The van der Waals surface area contributed by atoms with Crippen LogP contribution in [0.3, 0.4) is 0 Å². The maximum absolute atomic E-state index is 12.0. The van der Waals surface area contributed by atoms with Crippen LogP contribution in [0.2, 0.25) is 0 Å². The summed E-state index contributed by atoms with van der Waals surface area (Å²) in [5.41, 5.74) is 0.366. The Hall–Kier alpha value is -1.08. The fraction of sp³-hybridized carbons (Fsp3) is 0.429. The minimum atomic E-state index is -0.814. The second-order valence-electron chi connectivity index (χ2n) is 5.33. The minimum Gasteiger partial charge on any atom is -0.481 e. The zero-order valence-electron chi connectivity index (χ0n) is 11.3. The molecule has 1 aliphatic carbocycles. The van der Waals surface area contributed by atoms with Gasteiger partial charge in [-0.3, -0.25) is 4.79 Å². The highest BCUT2D eigenvalue weighted by Crippen LogP contribution is 2.43. The van der Waals surface area contributed by atoms with Crippen LogP contribution < -0.4 is 10.6 Å². The molecule has 0 unspecified atom stereocenters. The number of nitrogens with one attached hydrogen (secondary N) is 2. The molecule has 0 spiro atoms. The average Bonchev–Trinajstić information content (AvgIpc) is 2.36. The molecule has 0 saturated heterocycles. The van der Waals surface area contributed by atoms with Gasteiger partial charge in [0.15, 0.2) is 0 Å². The molecule has 2 rings (SSSR count). The zero-order chi connectivity index (χ0) is 15.5. The molecule has 114 valence electrons. The van der Waals surface area contributed by atoms with E-state index in [9.17, 15) is 9.59 Å². The van der Waals surface area contributed by atoms with Crippen molar-refractivity contribution in [1.29, 1.82) is 0 Å². The first kappa shape index (κ1) is 16.3. The van der Waals surface area contributed by atoms with Crippen molar-refractivity contribution in [2.24, 2.45) is 5.41 Å². The first-order chi connectivity index (χ1) is 9.92. The molecule has 0 aromatic heterocycles. The Balaban J connectivity index is 1.92. The highest BCUT2D eigenvalue weighted by Gasteiger charge is 2.39. The summed E-state index contributed by atoms with van der Waals surface area (Å²) < 4.78 is 1.55. The summed E-state index contributed by atoms with van der Waals surface area (Å²) in [6, 6.07) is 5.18. The van der Waals surface area contributed by atoms with Crippen LogP contribution in [0.15, 0.2) is 27.1 Å². The van der Waals surface area contributed by atoms with Gasteiger partial charge in [0.05, 0.1) is 12.1 Å². The predicted molar refractivity (Wildman–Crippen MR) is 87.4 cm³/mol. The monoisotopic (exact) mass is 418 g/mol. The lowest BCUT2D eigenvalue weighted by Gasteiger charge is -2.40. The van der Waals surface area contributed by atoms with Crippen LogP contribution in [0.5, 0.6) is 0 Å². The SMILES string of the molecule is O=C(O)CC1(CNC(=O)Nc2c(Br)cccc2Br)CCC1. The van der Waals surface area contributed by atoms with Crippen LogP contribution >= 0.6 is 31.9 Å². The van der Waals surface area contributed by atoms with E-state index in [1.807, 2.05) is 18.2 Å². The number of aliphatic carboxylic acids is 1. The Labute approximate surface area is 139 Å². The van der Waals surface area contributed by atoms with Crippen molar-refractivity contribution in [3.8, 4) is 0 Å². The topological polar surface area (TPSA) is 78.4 Å². The molecule has 1 aliphatic rings. The van der Waals surface area contributed by atoms with E-state index in [0.29, 0.717) is 12.2 Å². The predicted octanol–water partition coefficient (Wildman–Crippen LogP) is 3.98. The number of urea groups is 1. The molecule has 1 saturated carbocycles. The number of para-hydroxylation sites is 1. The molecule has 7 heteroatoms. The third-order valence-electron chi connectivity index (χ3n) is 3.77. The van der Waals surface area contributed by atoms with Gasteiger partial charge in [-0.15, -0.1) is 0 Å². The average molecular weight is 420 g/mol. The van der Waals surface area contributed by atoms with Gasteiger partial charge in [0, 0.05) is 15.5 Å². The van der Waals surface area contributed by atoms with Crippen molar-refractivity contribution in [2.45, 2.75) is 25.7 Å². The molecule has 0 bridgehead atoms. The first-order valence-corrected chi connectivity index (χ1v) is 8.21. The van der Waals surface area contributed by atoms with Crippen LogP contribution in [0.25, 0.3) is 0 Å². The second-order valence-corrected chi connectivity index (χ2v) is 7.04. The number of carbonyl (C=O) groups excluding carboxylic acids is 1. The number of carboxylic acid groups (broad SMARTS) is 1. The summed E-state index contributed by atoms with van der Waals surface area (Å²) in [5, 5.41) is 14.5. The molecule has 0 aliphatic heterocycles. The van der Waals surface area contributed by atoms with Gasteiger partial charge < -0.3 is 15.7 Å². The van der Waals surface area contributed by atoms with Gasteiger partial charge in [-0.2, -0.15) is 0 Å². The highest BCUT2D eigenvalue weighted by atomic mass is 79.9. The van der Waals surface area contributed by atoms with Gasteiger partial charge in [-0.25, -0.2) is 4.79 Å². The summed E-state index contributed by atoms with van der Waals surface area (Å²) in [6.45, 7) is 0.382. The van der Waals surface area contributed by atoms with E-state index in [1.165, 1.54) is 0 Å². The van der Waals surface area contributed by atoms with Gasteiger partial charge >= 0.3 is 12.0 Å². The van der Waals surface area contributed by atoms with E-state index in [1.54, 1.807) is 0 Å². The molecule has 1 aromatic carbocycles. The van der Waals surface area contributed by atoms with Crippen LogP contribution in [-0.2, 0) is 4.79 Å². The minimum absolute atomic E-state index is 0.103. The molecule has 2 amide bonds. The Kier molecular flexibility index (Phi) is 5.27. The molecule has 1 fully saturated rings. The van der Waals surface area contributed by atoms with Gasteiger partial charge in [0.25, 0.3) is 0 Å². The maximum atomic E-state index is 12.0. The van der Waals surface area contributed by atoms with E-state index >= 15 is 0 Å². The summed E-state index contributed by atoms with van der Waals surface area (Å²) >= 11 is 6.75. The molecular formula is C14H16Br2N2O3. The number of anilines is 1. The Morgan fingerprint density at radius 3 is 2.33 bits per heavy atom. The van der Waals surface area contributed by atoms with E-state index in [2.05, 4.69) is 42.5 Å². The number of hydrogen-bond donors (Lipinski definition) is 3. The molecule has 0 radical (unpaired) electrons. The summed E-state index contributed by atoms with van der Waals surface area (Å²) in [6.07, 6.45) is 2.81. The highest BCUT2D eigenvalue weighted by molar-refractivity contribution is 9.11. The smallest absolute Gasteiger partial charge is 0.319 e. The van der Waals surface area contributed by atoms with E-state index in [-0.39, 0.29) is 17.9 Å². The van der Waals surface area contributed by atoms with Crippen molar-refractivity contribution in [3.05, 3.63) is 27.1 Å². The van der Waals surface area contributed by atoms with E-state index in [4.69, 9.17) is 5.11 Å². The maximum Gasteiger partial charge on any atom is 0.319 e.